The molecule has 3 amide bonds. The molecule has 0 aliphatic carbocycles. The van der Waals surface area contributed by atoms with Gasteiger partial charge in [0.1, 0.15) is 29.5 Å². The number of halogens is 1. The fraction of sp³-hybridized carbons (Fsp3) is 0.345. The average molecular weight is 600 g/mol. The number of benzene rings is 1. The standard InChI is InChI=1S/C29H34ClN5O7/c1-29(2,3)42-28(38)32-13-6-14-41-23-17-20(40-16-15-39-4)9-10-21(23)26(36)34-22-7-5-12-31-25(22)27(37)35-24-11-8-19(30)18-33-24/h5,7-12,17-18H,6,13-16H2,1-4H3,(H,32,38)(H,34,36)(H,33,35,37). The summed E-state index contributed by atoms with van der Waals surface area (Å²) >= 11 is 5.86. The molecular formula is C29H34ClN5O7. The number of nitrogens with one attached hydrogen (secondary N) is 3. The Hall–Kier alpha value is -4.42. The lowest BCUT2D eigenvalue weighted by Gasteiger charge is -2.19. The molecule has 0 bridgehead atoms. The Morgan fingerprint density at radius 3 is 2.45 bits per heavy atom. The van der Waals surface area contributed by atoms with Gasteiger partial charge in [-0.1, -0.05) is 11.6 Å². The average Bonchev–Trinajstić information content (AvgIpc) is 2.93. The number of amides is 3. The highest BCUT2D eigenvalue weighted by Gasteiger charge is 2.20. The van der Waals surface area contributed by atoms with Crippen LogP contribution in [0.5, 0.6) is 11.5 Å². The first kappa shape index (κ1) is 32.1. The molecule has 0 saturated heterocycles. The van der Waals surface area contributed by atoms with Gasteiger partial charge in [-0.3, -0.25) is 9.59 Å². The van der Waals surface area contributed by atoms with Crippen LogP contribution in [0.2, 0.25) is 5.02 Å². The molecule has 2 heterocycles. The lowest BCUT2D eigenvalue weighted by molar-refractivity contribution is 0.0525. The molecule has 13 heteroatoms. The van der Waals surface area contributed by atoms with Gasteiger partial charge in [0.15, 0.2) is 5.69 Å². The van der Waals surface area contributed by atoms with Crippen molar-refractivity contribution in [2.75, 3.05) is 44.1 Å². The van der Waals surface area contributed by atoms with Crippen LogP contribution in [-0.2, 0) is 9.47 Å². The van der Waals surface area contributed by atoms with Gasteiger partial charge in [0.2, 0.25) is 0 Å². The molecule has 0 atom stereocenters. The monoisotopic (exact) mass is 599 g/mol. The van der Waals surface area contributed by atoms with Crippen LogP contribution in [0.25, 0.3) is 0 Å². The second kappa shape index (κ2) is 15.5. The van der Waals surface area contributed by atoms with E-state index < -0.39 is 23.5 Å². The summed E-state index contributed by atoms with van der Waals surface area (Å²) < 4.78 is 21.8. The number of rotatable bonds is 13. The van der Waals surface area contributed by atoms with Gasteiger partial charge in [-0.05, 0) is 63.6 Å². The van der Waals surface area contributed by atoms with Crippen LogP contribution in [0.15, 0.2) is 54.9 Å². The van der Waals surface area contributed by atoms with Crippen LogP contribution in [-0.4, -0.2) is 67.0 Å². The molecular weight excluding hydrogens is 566 g/mol. The normalized spacial score (nSPS) is 10.9. The van der Waals surface area contributed by atoms with Crippen molar-refractivity contribution in [1.82, 2.24) is 15.3 Å². The zero-order chi connectivity index (χ0) is 30.5. The Kier molecular flexibility index (Phi) is 11.9. The largest absolute Gasteiger partial charge is 0.493 e. The third kappa shape index (κ3) is 10.5. The van der Waals surface area contributed by atoms with Gasteiger partial charge in [0.25, 0.3) is 11.8 Å². The zero-order valence-corrected chi connectivity index (χ0v) is 24.6. The maximum atomic E-state index is 13.4. The number of carbonyl (C=O) groups excluding carboxylic acids is 3. The topological polar surface area (TPSA) is 150 Å². The Bertz CT molecular complexity index is 1360. The van der Waals surface area contributed by atoms with Crippen molar-refractivity contribution >= 4 is 41.0 Å². The number of aromatic nitrogens is 2. The van der Waals surface area contributed by atoms with E-state index in [-0.39, 0.29) is 35.1 Å². The number of anilines is 2. The van der Waals surface area contributed by atoms with Crippen LogP contribution in [0.3, 0.4) is 0 Å². The quantitative estimate of drug-likeness (QED) is 0.232. The molecule has 0 saturated carbocycles. The number of alkyl carbamates (subject to hydrolysis) is 1. The highest BCUT2D eigenvalue weighted by molar-refractivity contribution is 6.30. The summed E-state index contributed by atoms with van der Waals surface area (Å²) in [5, 5.41) is 8.45. The molecule has 0 fully saturated rings. The minimum Gasteiger partial charge on any atom is -0.493 e. The minimum atomic E-state index is -0.604. The van der Waals surface area contributed by atoms with Crippen molar-refractivity contribution in [2.45, 2.75) is 32.8 Å². The second-order valence-corrected chi connectivity index (χ2v) is 10.2. The number of nitrogens with zero attached hydrogens (tertiary/aromatic N) is 2. The van der Waals surface area contributed by atoms with Gasteiger partial charge in [0.05, 0.1) is 29.5 Å². The van der Waals surface area contributed by atoms with E-state index in [9.17, 15) is 14.4 Å². The molecule has 0 spiro atoms. The van der Waals surface area contributed by atoms with Gasteiger partial charge in [-0.25, -0.2) is 14.8 Å². The molecule has 0 aliphatic heterocycles. The molecule has 42 heavy (non-hydrogen) atoms. The van der Waals surface area contributed by atoms with E-state index >= 15 is 0 Å². The van der Waals surface area contributed by atoms with Gasteiger partial charge in [-0.2, -0.15) is 0 Å². The summed E-state index contributed by atoms with van der Waals surface area (Å²) in [5.41, 5.74) is -0.239. The first-order valence-electron chi connectivity index (χ1n) is 13.1. The first-order chi connectivity index (χ1) is 20.1. The van der Waals surface area contributed by atoms with E-state index in [2.05, 4.69) is 25.9 Å². The highest BCUT2D eigenvalue weighted by Crippen LogP contribution is 2.27. The van der Waals surface area contributed by atoms with E-state index in [1.165, 1.54) is 12.4 Å². The fourth-order valence-corrected chi connectivity index (χ4v) is 3.52. The Morgan fingerprint density at radius 2 is 1.74 bits per heavy atom. The molecule has 3 rings (SSSR count). The number of ether oxygens (including phenoxy) is 4. The van der Waals surface area contributed by atoms with Crippen molar-refractivity contribution in [3.63, 3.8) is 0 Å². The predicted octanol–water partition coefficient (Wildman–Crippen LogP) is 4.95. The number of pyridine rings is 2. The lowest BCUT2D eigenvalue weighted by Crippen LogP contribution is -2.33. The number of hydrogen-bond acceptors (Lipinski definition) is 9. The van der Waals surface area contributed by atoms with Crippen LogP contribution in [0, 0.1) is 0 Å². The van der Waals surface area contributed by atoms with E-state index in [0.717, 1.165) is 0 Å². The first-order valence-corrected chi connectivity index (χ1v) is 13.5. The molecule has 0 radical (unpaired) electrons. The number of hydrogen-bond donors (Lipinski definition) is 3. The van der Waals surface area contributed by atoms with Gasteiger partial charge in [0, 0.05) is 32.1 Å². The summed E-state index contributed by atoms with van der Waals surface area (Å²) in [5.74, 6) is -0.112. The molecule has 0 unspecified atom stereocenters. The second-order valence-electron chi connectivity index (χ2n) is 9.80. The maximum absolute atomic E-state index is 13.4. The third-order valence-corrected chi connectivity index (χ3v) is 5.46. The Labute approximate surface area is 249 Å². The Balaban J connectivity index is 1.71. The van der Waals surface area contributed by atoms with Crippen LogP contribution < -0.4 is 25.4 Å². The smallest absolute Gasteiger partial charge is 0.407 e. The van der Waals surface area contributed by atoms with E-state index in [0.29, 0.717) is 37.0 Å². The number of methoxy groups -OCH3 is 1. The number of carbonyl (C=O) groups is 3. The van der Waals surface area contributed by atoms with Crippen molar-refractivity contribution < 1.29 is 33.3 Å². The summed E-state index contributed by atoms with van der Waals surface area (Å²) in [6, 6.07) is 11.1. The van der Waals surface area contributed by atoms with Gasteiger partial charge >= 0.3 is 6.09 Å². The Morgan fingerprint density at radius 1 is 0.929 bits per heavy atom. The summed E-state index contributed by atoms with van der Waals surface area (Å²) in [7, 11) is 1.57. The van der Waals surface area contributed by atoms with Crippen LogP contribution >= 0.6 is 11.6 Å². The highest BCUT2D eigenvalue weighted by atomic mass is 35.5. The van der Waals surface area contributed by atoms with Gasteiger partial charge < -0.3 is 34.9 Å². The van der Waals surface area contributed by atoms with Crippen molar-refractivity contribution in [2.24, 2.45) is 0 Å². The van der Waals surface area contributed by atoms with Crippen molar-refractivity contribution in [3.8, 4) is 11.5 Å². The van der Waals surface area contributed by atoms with Crippen molar-refractivity contribution in [1.29, 1.82) is 0 Å². The van der Waals surface area contributed by atoms with E-state index in [1.54, 1.807) is 70.3 Å². The zero-order valence-electron chi connectivity index (χ0n) is 23.9. The fourth-order valence-electron chi connectivity index (χ4n) is 3.40. The third-order valence-electron chi connectivity index (χ3n) is 5.24. The van der Waals surface area contributed by atoms with Crippen molar-refractivity contribution in [3.05, 3.63) is 71.1 Å². The molecule has 224 valence electrons. The lowest BCUT2D eigenvalue weighted by atomic mass is 10.1. The van der Waals surface area contributed by atoms with Crippen LogP contribution in [0.4, 0.5) is 16.3 Å². The SMILES string of the molecule is COCCOc1ccc(C(=O)Nc2cccnc2C(=O)Nc2ccc(Cl)cn2)c(OCCCNC(=O)OC(C)(C)C)c1. The predicted molar refractivity (Wildman–Crippen MR) is 158 cm³/mol. The summed E-state index contributed by atoms with van der Waals surface area (Å²) in [6.45, 7) is 6.51. The molecule has 0 aliphatic rings. The van der Waals surface area contributed by atoms with E-state index in [4.69, 9.17) is 30.5 Å². The van der Waals surface area contributed by atoms with Gasteiger partial charge in [-0.15, -0.1) is 0 Å². The maximum Gasteiger partial charge on any atom is 0.407 e. The minimum absolute atomic E-state index is 0.0159. The molecule has 1 aromatic carbocycles. The molecule has 2 aromatic heterocycles. The summed E-state index contributed by atoms with van der Waals surface area (Å²) in [4.78, 5) is 46.3. The molecule has 12 nitrogen and oxygen atoms in total. The van der Waals surface area contributed by atoms with E-state index in [1.807, 2.05) is 0 Å². The van der Waals surface area contributed by atoms with Crippen LogP contribution in [0.1, 0.15) is 48.0 Å². The molecule has 3 N–H and O–H groups in total. The summed E-state index contributed by atoms with van der Waals surface area (Å²) in [6.07, 6.45) is 2.75. The molecule has 3 aromatic rings.